The summed E-state index contributed by atoms with van der Waals surface area (Å²) in [5.74, 6) is 0.793. The first-order valence-corrected chi connectivity index (χ1v) is 13.1. The highest BCUT2D eigenvalue weighted by molar-refractivity contribution is 7.90. The largest absolute Gasteiger partial charge is 0.487 e. The molecule has 0 aliphatic rings. The predicted molar refractivity (Wildman–Crippen MR) is 132 cm³/mol. The molecule has 0 N–H and O–H groups in total. The Hall–Kier alpha value is -3.86. The molecule has 194 valence electrons. The predicted octanol–water partition coefficient (Wildman–Crippen LogP) is 5.33. The third-order valence-corrected chi connectivity index (χ3v) is 7.11. The summed E-state index contributed by atoms with van der Waals surface area (Å²) in [6.45, 7) is 0.125. The van der Waals surface area contributed by atoms with Crippen molar-refractivity contribution < 1.29 is 30.7 Å². The molecule has 0 aliphatic heterocycles. The molecule has 0 bridgehead atoms. The maximum absolute atomic E-state index is 12.7. The zero-order valence-electron chi connectivity index (χ0n) is 19.9. The van der Waals surface area contributed by atoms with Crippen LogP contribution in [0, 0.1) is 0 Å². The molecule has 0 atom stereocenters. The molecule has 2 aromatic carbocycles. The van der Waals surface area contributed by atoms with Crippen LogP contribution in [-0.2, 0) is 41.8 Å². The van der Waals surface area contributed by atoms with Crippen LogP contribution in [0.5, 0.6) is 5.75 Å². The summed E-state index contributed by atoms with van der Waals surface area (Å²) in [6.07, 6.45) is 2.24. The molecular weight excluding hydrogens is 507 g/mol. The first-order chi connectivity index (χ1) is 17.6. The van der Waals surface area contributed by atoms with Crippen molar-refractivity contribution >= 4 is 22.0 Å². The van der Waals surface area contributed by atoms with E-state index in [4.69, 9.17) is 9.15 Å². The number of hydrogen-bond acceptors (Lipinski definition) is 6. The van der Waals surface area contributed by atoms with E-state index in [2.05, 4.69) is 10.1 Å². The summed E-state index contributed by atoms with van der Waals surface area (Å²) in [4.78, 5) is 4.27. The molecule has 0 radical (unpaired) electrons. The summed E-state index contributed by atoms with van der Waals surface area (Å²) in [6, 6.07) is 13.3. The highest BCUT2D eigenvalue weighted by Crippen LogP contribution is 2.29. The fourth-order valence-electron chi connectivity index (χ4n) is 3.49. The van der Waals surface area contributed by atoms with Crippen molar-refractivity contribution in [3.8, 4) is 5.75 Å². The van der Waals surface area contributed by atoms with E-state index < -0.39 is 21.6 Å². The summed E-state index contributed by atoms with van der Waals surface area (Å²) in [5, 5.41) is 4.05. The Labute approximate surface area is 212 Å². The standard InChI is InChI=1S/C26H24F3N3O4S/c1-32-23(12-14-30-32)13-15-37(33,34)18-20-4-9-24(10-5-20)35-16-22-17-36-25(31-22)11-6-19-2-7-21(8-3-19)26(27,28)29/h2-12,14,17H,13,15-16,18H2,1H3/b11-6+. The van der Waals surface area contributed by atoms with Crippen molar-refractivity contribution in [2.45, 2.75) is 25.0 Å². The van der Waals surface area contributed by atoms with E-state index in [9.17, 15) is 21.6 Å². The Morgan fingerprint density at radius 3 is 2.41 bits per heavy atom. The average Bonchev–Trinajstić information content (AvgIpc) is 3.49. The number of nitrogens with zero attached hydrogens (tertiary/aromatic N) is 3. The Morgan fingerprint density at radius 2 is 1.76 bits per heavy atom. The van der Waals surface area contributed by atoms with Crippen LogP contribution >= 0.6 is 0 Å². The molecule has 4 rings (SSSR count). The molecule has 2 heterocycles. The van der Waals surface area contributed by atoms with E-state index in [1.165, 1.54) is 18.4 Å². The first-order valence-electron chi connectivity index (χ1n) is 11.3. The van der Waals surface area contributed by atoms with Crippen LogP contribution in [0.15, 0.2) is 71.5 Å². The maximum Gasteiger partial charge on any atom is 0.416 e. The van der Waals surface area contributed by atoms with E-state index in [0.29, 0.717) is 29.0 Å². The number of ether oxygens (including phenoxy) is 1. The van der Waals surface area contributed by atoms with Crippen LogP contribution in [-0.4, -0.2) is 28.9 Å². The lowest BCUT2D eigenvalue weighted by Crippen LogP contribution is -2.13. The lowest BCUT2D eigenvalue weighted by atomic mass is 10.1. The second kappa shape index (κ2) is 11.0. The molecule has 37 heavy (non-hydrogen) atoms. The molecule has 0 aliphatic carbocycles. The molecule has 0 spiro atoms. The fourth-order valence-corrected chi connectivity index (χ4v) is 4.85. The molecule has 0 fully saturated rings. The number of rotatable bonds is 10. The quantitative estimate of drug-likeness (QED) is 0.275. The van der Waals surface area contributed by atoms with Crippen LogP contribution in [0.25, 0.3) is 12.2 Å². The zero-order valence-corrected chi connectivity index (χ0v) is 20.7. The highest BCUT2D eigenvalue weighted by atomic mass is 32.2. The molecule has 7 nitrogen and oxygen atoms in total. The Bertz CT molecular complexity index is 1460. The molecule has 0 amide bonds. The average molecular weight is 532 g/mol. The van der Waals surface area contributed by atoms with Crippen molar-refractivity contribution in [3.63, 3.8) is 0 Å². The minimum Gasteiger partial charge on any atom is -0.487 e. The Kier molecular flexibility index (Phi) is 7.82. The summed E-state index contributed by atoms with van der Waals surface area (Å²) < 4.78 is 75.6. The van der Waals surface area contributed by atoms with Gasteiger partial charge in [-0.1, -0.05) is 24.3 Å². The van der Waals surface area contributed by atoms with Gasteiger partial charge in [0.15, 0.2) is 9.84 Å². The topological polar surface area (TPSA) is 87.2 Å². The van der Waals surface area contributed by atoms with Crippen molar-refractivity contribution in [1.29, 1.82) is 0 Å². The number of benzene rings is 2. The maximum atomic E-state index is 12.7. The lowest BCUT2D eigenvalue weighted by molar-refractivity contribution is -0.137. The number of aryl methyl sites for hydroxylation is 2. The molecule has 11 heteroatoms. The second-order valence-electron chi connectivity index (χ2n) is 8.35. The summed E-state index contributed by atoms with van der Waals surface area (Å²) in [7, 11) is -1.51. The minimum atomic E-state index is -4.38. The van der Waals surface area contributed by atoms with Crippen LogP contribution < -0.4 is 4.74 Å². The number of oxazole rings is 1. The van der Waals surface area contributed by atoms with Gasteiger partial charge in [-0.15, -0.1) is 0 Å². The van der Waals surface area contributed by atoms with E-state index in [-0.39, 0.29) is 24.0 Å². The fraction of sp³-hybridized carbons (Fsp3) is 0.231. The van der Waals surface area contributed by atoms with Gasteiger partial charge in [0.25, 0.3) is 0 Å². The van der Waals surface area contributed by atoms with Gasteiger partial charge in [0, 0.05) is 31.4 Å². The van der Waals surface area contributed by atoms with E-state index in [1.54, 1.807) is 60.4 Å². The monoisotopic (exact) mass is 531 g/mol. The van der Waals surface area contributed by atoms with Crippen LogP contribution in [0.2, 0.25) is 0 Å². The lowest BCUT2D eigenvalue weighted by Gasteiger charge is -2.07. The zero-order chi connectivity index (χ0) is 26.5. The van der Waals surface area contributed by atoms with Gasteiger partial charge in [0.05, 0.1) is 17.1 Å². The van der Waals surface area contributed by atoms with Gasteiger partial charge in [-0.05, 0) is 47.5 Å². The number of alkyl halides is 3. The SMILES string of the molecule is Cn1nccc1CCS(=O)(=O)Cc1ccc(OCc2coc(/C=C/c3ccc(C(F)(F)F)cc3)n2)cc1. The normalized spacial score (nSPS) is 12.3. The van der Waals surface area contributed by atoms with E-state index >= 15 is 0 Å². The van der Waals surface area contributed by atoms with Crippen LogP contribution in [0.4, 0.5) is 13.2 Å². The van der Waals surface area contributed by atoms with Crippen molar-refractivity contribution in [2.75, 3.05) is 5.75 Å². The number of aromatic nitrogens is 3. The number of sulfone groups is 1. The first kappa shape index (κ1) is 26.2. The van der Waals surface area contributed by atoms with E-state index in [1.807, 2.05) is 0 Å². The van der Waals surface area contributed by atoms with Gasteiger partial charge >= 0.3 is 6.18 Å². The van der Waals surface area contributed by atoms with Gasteiger partial charge in [-0.2, -0.15) is 18.3 Å². The molecule has 0 unspecified atom stereocenters. The van der Waals surface area contributed by atoms with Crippen molar-refractivity contribution in [1.82, 2.24) is 14.8 Å². The van der Waals surface area contributed by atoms with Crippen molar-refractivity contribution in [3.05, 3.63) is 101 Å². The summed E-state index contributed by atoms with van der Waals surface area (Å²) >= 11 is 0. The molecular formula is C26H24F3N3O4S. The van der Waals surface area contributed by atoms with E-state index in [0.717, 1.165) is 17.8 Å². The van der Waals surface area contributed by atoms with Gasteiger partial charge in [0.2, 0.25) is 5.89 Å². The summed E-state index contributed by atoms with van der Waals surface area (Å²) in [5.41, 5.74) is 1.90. The third kappa shape index (κ3) is 7.56. The van der Waals surface area contributed by atoms with Gasteiger partial charge in [-0.3, -0.25) is 4.68 Å². The van der Waals surface area contributed by atoms with Gasteiger partial charge in [-0.25, -0.2) is 13.4 Å². The molecule has 0 saturated carbocycles. The highest BCUT2D eigenvalue weighted by Gasteiger charge is 2.29. The van der Waals surface area contributed by atoms with Crippen LogP contribution in [0.1, 0.15) is 34.0 Å². The molecule has 2 aromatic heterocycles. The second-order valence-corrected chi connectivity index (χ2v) is 10.5. The van der Waals surface area contributed by atoms with Gasteiger partial charge in [0.1, 0.15) is 24.3 Å². The number of hydrogen-bond donors (Lipinski definition) is 0. The Morgan fingerprint density at radius 1 is 1.03 bits per heavy atom. The third-order valence-electron chi connectivity index (χ3n) is 5.51. The molecule has 4 aromatic rings. The number of halogens is 3. The Balaban J connectivity index is 1.26. The van der Waals surface area contributed by atoms with Gasteiger partial charge < -0.3 is 9.15 Å². The molecule has 0 saturated heterocycles. The van der Waals surface area contributed by atoms with Crippen LogP contribution in [0.3, 0.4) is 0 Å². The minimum absolute atomic E-state index is 0.0343. The van der Waals surface area contributed by atoms with Crippen molar-refractivity contribution in [2.24, 2.45) is 7.05 Å². The smallest absolute Gasteiger partial charge is 0.416 e.